The summed E-state index contributed by atoms with van der Waals surface area (Å²) in [6, 6.07) is 4.64. The number of ether oxygens (including phenoxy) is 1. The number of Topliss-reactive ketones (excluding diaryl/α,β-unsaturated/α-hetero) is 1. The lowest BCUT2D eigenvalue weighted by molar-refractivity contribution is 0.0889. The third kappa shape index (κ3) is 3.64. The molecule has 0 atom stereocenters. The molecule has 0 aromatic carbocycles. The van der Waals surface area contributed by atoms with Gasteiger partial charge in [-0.1, -0.05) is 6.92 Å². The second-order valence-electron chi connectivity index (χ2n) is 4.74. The highest BCUT2D eigenvalue weighted by Crippen LogP contribution is 2.27. The lowest BCUT2D eigenvalue weighted by atomic mass is 10.3. The Morgan fingerprint density at radius 2 is 2.28 bits per heavy atom. The number of carbonyl (C=O) groups is 1. The average Bonchev–Trinajstić information content (AvgIpc) is 3.11. The van der Waals surface area contributed by atoms with Crippen LogP contribution in [0.3, 0.4) is 0 Å². The Balaban J connectivity index is 1.91. The zero-order valence-electron chi connectivity index (χ0n) is 11.1. The molecule has 2 rings (SSSR count). The van der Waals surface area contributed by atoms with Crippen LogP contribution in [0.15, 0.2) is 12.1 Å². The second-order valence-corrected chi connectivity index (χ2v) is 5.91. The zero-order chi connectivity index (χ0) is 13.0. The van der Waals surface area contributed by atoms with Crippen molar-refractivity contribution in [3.63, 3.8) is 0 Å². The molecule has 0 unspecified atom stereocenters. The van der Waals surface area contributed by atoms with Crippen molar-refractivity contribution in [2.45, 2.75) is 32.2 Å². The first-order valence-electron chi connectivity index (χ1n) is 6.59. The molecule has 0 saturated heterocycles. The van der Waals surface area contributed by atoms with Crippen molar-refractivity contribution in [2.75, 3.05) is 26.8 Å². The fourth-order valence-corrected chi connectivity index (χ4v) is 2.90. The Labute approximate surface area is 113 Å². The summed E-state index contributed by atoms with van der Waals surface area (Å²) in [6.45, 7) is 4.22. The third-order valence-corrected chi connectivity index (χ3v) is 4.55. The number of rotatable bonds is 8. The fourth-order valence-electron chi connectivity index (χ4n) is 2.02. The molecule has 4 heteroatoms. The van der Waals surface area contributed by atoms with Crippen molar-refractivity contribution in [3.05, 3.63) is 21.9 Å². The number of ketones is 1. The van der Waals surface area contributed by atoms with Gasteiger partial charge in [0.25, 0.3) is 0 Å². The minimum atomic E-state index is 0.253. The predicted molar refractivity (Wildman–Crippen MR) is 74.5 cm³/mol. The van der Waals surface area contributed by atoms with Crippen molar-refractivity contribution < 1.29 is 9.53 Å². The van der Waals surface area contributed by atoms with E-state index in [-0.39, 0.29) is 5.78 Å². The summed E-state index contributed by atoms with van der Waals surface area (Å²) in [6.07, 6.45) is 3.46. The molecule has 0 N–H and O–H groups in total. The van der Waals surface area contributed by atoms with Crippen molar-refractivity contribution >= 4 is 17.1 Å². The standard InChI is InChI=1S/C14H21NO2S/c1-3-12-6-7-14(18-12)13(16)10-15(8-9-17-2)11-4-5-11/h6-7,11H,3-5,8-10H2,1-2H3. The number of aryl methyl sites for hydroxylation is 1. The van der Waals surface area contributed by atoms with Crippen LogP contribution in [0.25, 0.3) is 0 Å². The second kappa shape index (κ2) is 6.45. The molecule has 0 spiro atoms. The molecule has 1 aromatic rings. The van der Waals surface area contributed by atoms with Gasteiger partial charge in [0.1, 0.15) is 0 Å². The van der Waals surface area contributed by atoms with Gasteiger partial charge in [-0.25, -0.2) is 0 Å². The molecule has 18 heavy (non-hydrogen) atoms. The summed E-state index contributed by atoms with van der Waals surface area (Å²) in [5, 5.41) is 0. The van der Waals surface area contributed by atoms with E-state index in [0.29, 0.717) is 19.2 Å². The van der Waals surface area contributed by atoms with Crippen LogP contribution in [0.5, 0.6) is 0 Å². The van der Waals surface area contributed by atoms with Crippen LogP contribution in [-0.2, 0) is 11.2 Å². The number of thiophene rings is 1. The third-order valence-electron chi connectivity index (χ3n) is 3.28. The molecule has 3 nitrogen and oxygen atoms in total. The largest absolute Gasteiger partial charge is 0.383 e. The Hall–Kier alpha value is -0.710. The minimum Gasteiger partial charge on any atom is -0.383 e. The minimum absolute atomic E-state index is 0.253. The molecule has 1 saturated carbocycles. The zero-order valence-corrected chi connectivity index (χ0v) is 12.0. The summed E-state index contributed by atoms with van der Waals surface area (Å²) < 4.78 is 5.11. The van der Waals surface area contributed by atoms with E-state index in [2.05, 4.69) is 17.9 Å². The molecular weight excluding hydrogens is 246 g/mol. The van der Waals surface area contributed by atoms with Gasteiger partial charge in [-0.2, -0.15) is 0 Å². The maximum absolute atomic E-state index is 12.2. The Morgan fingerprint density at radius 1 is 1.50 bits per heavy atom. The topological polar surface area (TPSA) is 29.5 Å². The maximum atomic E-state index is 12.2. The van der Waals surface area contributed by atoms with Crippen molar-refractivity contribution in [1.29, 1.82) is 0 Å². The summed E-state index contributed by atoms with van der Waals surface area (Å²) >= 11 is 1.63. The van der Waals surface area contributed by atoms with Gasteiger partial charge in [0.15, 0.2) is 5.78 Å². The molecule has 0 bridgehead atoms. The maximum Gasteiger partial charge on any atom is 0.186 e. The van der Waals surface area contributed by atoms with Crippen molar-refractivity contribution in [2.24, 2.45) is 0 Å². The van der Waals surface area contributed by atoms with E-state index in [1.807, 2.05) is 6.07 Å². The smallest absolute Gasteiger partial charge is 0.186 e. The lowest BCUT2D eigenvalue weighted by Crippen LogP contribution is -2.34. The van der Waals surface area contributed by atoms with E-state index in [9.17, 15) is 4.79 Å². The Morgan fingerprint density at radius 3 is 2.83 bits per heavy atom. The molecule has 1 fully saturated rings. The first-order valence-corrected chi connectivity index (χ1v) is 7.41. The van der Waals surface area contributed by atoms with Crippen LogP contribution in [0.4, 0.5) is 0 Å². The van der Waals surface area contributed by atoms with Crippen LogP contribution in [0, 0.1) is 0 Å². The Bertz CT molecular complexity index is 398. The number of methoxy groups -OCH3 is 1. The molecule has 1 heterocycles. The number of nitrogens with zero attached hydrogens (tertiary/aromatic N) is 1. The van der Waals surface area contributed by atoms with E-state index < -0.39 is 0 Å². The summed E-state index contributed by atoms with van der Waals surface area (Å²) in [5.41, 5.74) is 0. The quantitative estimate of drug-likeness (QED) is 0.678. The normalized spacial score (nSPS) is 15.3. The average molecular weight is 267 g/mol. The van der Waals surface area contributed by atoms with E-state index in [0.717, 1.165) is 17.8 Å². The van der Waals surface area contributed by atoms with Crippen LogP contribution in [-0.4, -0.2) is 43.5 Å². The number of hydrogen-bond acceptors (Lipinski definition) is 4. The van der Waals surface area contributed by atoms with Crippen LogP contribution in [0.1, 0.15) is 34.3 Å². The number of hydrogen-bond donors (Lipinski definition) is 0. The molecule has 1 aliphatic carbocycles. The monoisotopic (exact) mass is 267 g/mol. The van der Waals surface area contributed by atoms with Gasteiger partial charge < -0.3 is 4.74 Å². The van der Waals surface area contributed by atoms with Gasteiger partial charge in [0.05, 0.1) is 18.0 Å². The van der Waals surface area contributed by atoms with Crippen LogP contribution < -0.4 is 0 Å². The van der Waals surface area contributed by atoms with Gasteiger partial charge in [-0.15, -0.1) is 11.3 Å². The fraction of sp³-hybridized carbons (Fsp3) is 0.643. The molecule has 1 aliphatic rings. The van der Waals surface area contributed by atoms with Gasteiger partial charge in [0, 0.05) is 24.6 Å². The van der Waals surface area contributed by atoms with Crippen molar-refractivity contribution in [1.82, 2.24) is 4.90 Å². The lowest BCUT2D eigenvalue weighted by Gasteiger charge is -2.20. The summed E-state index contributed by atoms with van der Waals surface area (Å²) in [7, 11) is 1.71. The number of carbonyl (C=O) groups excluding carboxylic acids is 1. The van der Waals surface area contributed by atoms with Gasteiger partial charge in [-0.3, -0.25) is 9.69 Å². The highest BCUT2D eigenvalue weighted by Gasteiger charge is 2.30. The molecule has 0 radical (unpaired) electrons. The molecule has 100 valence electrons. The van der Waals surface area contributed by atoms with Gasteiger partial charge >= 0.3 is 0 Å². The highest BCUT2D eigenvalue weighted by molar-refractivity contribution is 7.14. The molecule has 0 amide bonds. The molecular formula is C14H21NO2S. The summed E-state index contributed by atoms with van der Waals surface area (Å²) in [4.78, 5) is 16.7. The van der Waals surface area contributed by atoms with Gasteiger partial charge in [0.2, 0.25) is 0 Å². The van der Waals surface area contributed by atoms with E-state index in [1.165, 1.54) is 17.7 Å². The first kappa shape index (κ1) is 13.7. The predicted octanol–water partition coefficient (Wildman–Crippen LogP) is 2.60. The first-order chi connectivity index (χ1) is 8.74. The molecule has 0 aliphatic heterocycles. The highest BCUT2D eigenvalue weighted by atomic mass is 32.1. The van der Waals surface area contributed by atoms with E-state index in [4.69, 9.17) is 4.74 Å². The van der Waals surface area contributed by atoms with Crippen molar-refractivity contribution in [3.8, 4) is 0 Å². The van der Waals surface area contributed by atoms with E-state index >= 15 is 0 Å². The van der Waals surface area contributed by atoms with Gasteiger partial charge in [-0.05, 0) is 31.4 Å². The van der Waals surface area contributed by atoms with Crippen LogP contribution >= 0.6 is 11.3 Å². The molecule has 1 aromatic heterocycles. The summed E-state index contributed by atoms with van der Waals surface area (Å²) in [5.74, 6) is 0.253. The SMILES string of the molecule is CCc1ccc(C(=O)CN(CCOC)C2CC2)s1. The van der Waals surface area contributed by atoms with E-state index in [1.54, 1.807) is 18.4 Å². The van der Waals surface area contributed by atoms with Crippen LogP contribution in [0.2, 0.25) is 0 Å². The Kier molecular flexibility index (Phi) is 4.92.